The van der Waals surface area contributed by atoms with E-state index in [1.807, 2.05) is 0 Å². The highest BCUT2D eigenvalue weighted by Gasteiger charge is 2.12. The van der Waals surface area contributed by atoms with E-state index in [4.69, 9.17) is 15.5 Å². The van der Waals surface area contributed by atoms with E-state index >= 15 is 0 Å². The van der Waals surface area contributed by atoms with E-state index in [9.17, 15) is 4.57 Å². The van der Waals surface area contributed by atoms with Gasteiger partial charge in [0.05, 0.1) is 6.61 Å². The van der Waals surface area contributed by atoms with Crippen molar-refractivity contribution in [3.63, 3.8) is 0 Å². The van der Waals surface area contributed by atoms with Crippen molar-refractivity contribution in [3.8, 4) is 0 Å². The summed E-state index contributed by atoms with van der Waals surface area (Å²) in [7, 11) is -4.27. The highest BCUT2D eigenvalue weighted by molar-refractivity contribution is 7.46. The van der Waals surface area contributed by atoms with Crippen LogP contribution in [0.4, 0.5) is 0 Å². The fourth-order valence-electron chi connectivity index (χ4n) is 5.38. The number of rotatable bonds is 33. The number of hydrogen-bond acceptors (Lipinski definition) is 3. The van der Waals surface area contributed by atoms with Crippen molar-refractivity contribution in [2.45, 2.75) is 193 Å². The zero-order valence-electron chi connectivity index (χ0n) is 25.4. The van der Waals surface area contributed by atoms with E-state index < -0.39 is 7.82 Å². The standard InChI is InChI=1S/C32H68NO4P/c33-31-29-27-25-23-21-19-17-15-13-11-9-7-5-3-1-2-4-6-8-10-12-14-16-18-20-22-24-26-28-30-32-37-38(34,35)36/h1-33H2,(H2,34,35,36). The molecule has 0 bridgehead atoms. The minimum atomic E-state index is -4.27. The zero-order chi connectivity index (χ0) is 27.8. The van der Waals surface area contributed by atoms with Gasteiger partial charge in [-0.3, -0.25) is 4.52 Å². The second-order valence-corrected chi connectivity index (χ2v) is 13.0. The zero-order valence-corrected chi connectivity index (χ0v) is 26.3. The summed E-state index contributed by atoms with van der Waals surface area (Å²) in [5.41, 5.74) is 5.54. The Kier molecular flexibility index (Phi) is 31.7. The minimum Gasteiger partial charge on any atom is -0.330 e. The van der Waals surface area contributed by atoms with E-state index in [1.165, 1.54) is 173 Å². The van der Waals surface area contributed by atoms with Crippen LogP contribution in [0.2, 0.25) is 0 Å². The first-order chi connectivity index (χ1) is 18.6. The molecule has 0 saturated heterocycles. The van der Waals surface area contributed by atoms with Crippen LogP contribution in [-0.4, -0.2) is 22.9 Å². The van der Waals surface area contributed by atoms with Crippen LogP contribution in [0, 0.1) is 0 Å². The van der Waals surface area contributed by atoms with E-state index in [-0.39, 0.29) is 6.61 Å². The summed E-state index contributed by atoms with van der Waals surface area (Å²) >= 11 is 0. The number of unbranched alkanes of at least 4 members (excludes halogenated alkanes) is 29. The van der Waals surface area contributed by atoms with Gasteiger partial charge in [0.15, 0.2) is 0 Å². The Morgan fingerprint density at radius 3 is 0.737 bits per heavy atom. The van der Waals surface area contributed by atoms with Crippen LogP contribution in [-0.2, 0) is 9.09 Å². The van der Waals surface area contributed by atoms with E-state index in [1.54, 1.807) is 0 Å². The van der Waals surface area contributed by atoms with Gasteiger partial charge in [-0.25, -0.2) is 4.57 Å². The third-order valence-corrected chi connectivity index (χ3v) is 8.38. The summed E-state index contributed by atoms with van der Waals surface area (Å²) in [5.74, 6) is 0. The molecule has 0 radical (unpaired) electrons. The Morgan fingerprint density at radius 2 is 0.553 bits per heavy atom. The van der Waals surface area contributed by atoms with Crippen LogP contribution in [0.5, 0.6) is 0 Å². The molecular formula is C32H68NO4P. The molecule has 0 unspecified atom stereocenters. The molecule has 0 saturated carbocycles. The molecule has 0 aromatic heterocycles. The lowest BCUT2D eigenvalue weighted by atomic mass is 10.0. The number of hydrogen-bond donors (Lipinski definition) is 3. The largest absolute Gasteiger partial charge is 0.469 e. The second kappa shape index (κ2) is 31.6. The van der Waals surface area contributed by atoms with Gasteiger partial charge in [0.2, 0.25) is 0 Å². The van der Waals surface area contributed by atoms with Crippen LogP contribution in [0.25, 0.3) is 0 Å². The lowest BCUT2D eigenvalue weighted by Crippen LogP contribution is -1.97. The van der Waals surface area contributed by atoms with Crippen molar-refractivity contribution in [1.29, 1.82) is 0 Å². The lowest BCUT2D eigenvalue weighted by Gasteiger charge is -2.05. The Balaban J connectivity index is 3.04. The molecule has 0 aromatic carbocycles. The topological polar surface area (TPSA) is 92.8 Å². The van der Waals surface area contributed by atoms with Crippen molar-refractivity contribution in [3.05, 3.63) is 0 Å². The quantitative estimate of drug-likeness (QED) is 0.0547. The molecule has 0 aliphatic carbocycles. The van der Waals surface area contributed by atoms with Gasteiger partial charge in [-0.05, 0) is 19.4 Å². The second-order valence-electron chi connectivity index (χ2n) is 11.7. The Bertz CT molecular complexity index is 486. The summed E-state index contributed by atoms with van der Waals surface area (Å²) < 4.78 is 15.0. The van der Waals surface area contributed by atoms with Gasteiger partial charge in [0, 0.05) is 0 Å². The molecule has 38 heavy (non-hydrogen) atoms. The lowest BCUT2D eigenvalue weighted by molar-refractivity contribution is 0.193. The molecule has 0 aromatic rings. The summed E-state index contributed by atoms with van der Waals surface area (Å²) in [6.07, 6.45) is 40.7. The maximum absolute atomic E-state index is 10.6. The van der Waals surface area contributed by atoms with E-state index in [0.717, 1.165) is 25.8 Å². The molecule has 5 nitrogen and oxygen atoms in total. The average molecular weight is 562 g/mol. The SMILES string of the molecule is NCCCCCCCCCCCCCCCCCCCCCCCCCCCCCCCCOP(=O)(O)O. The van der Waals surface area contributed by atoms with Crippen molar-refractivity contribution in [1.82, 2.24) is 0 Å². The van der Waals surface area contributed by atoms with Gasteiger partial charge in [-0.1, -0.05) is 180 Å². The van der Waals surface area contributed by atoms with Crippen LogP contribution in [0.1, 0.15) is 193 Å². The monoisotopic (exact) mass is 561 g/mol. The molecule has 0 amide bonds. The summed E-state index contributed by atoms with van der Waals surface area (Å²) in [4.78, 5) is 17.2. The molecule has 0 spiro atoms. The van der Waals surface area contributed by atoms with Crippen molar-refractivity contribution >= 4 is 7.82 Å². The van der Waals surface area contributed by atoms with Gasteiger partial charge in [-0.15, -0.1) is 0 Å². The predicted octanol–water partition coefficient (Wildman–Crippen LogP) is 10.8. The van der Waals surface area contributed by atoms with Gasteiger partial charge in [-0.2, -0.15) is 0 Å². The molecule has 0 fully saturated rings. The fourth-order valence-corrected chi connectivity index (χ4v) is 5.75. The maximum Gasteiger partial charge on any atom is 0.469 e. The molecule has 0 aliphatic rings. The number of nitrogens with two attached hydrogens (primary N) is 1. The summed E-state index contributed by atoms with van der Waals surface area (Å²) in [5, 5.41) is 0. The highest BCUT2D eigenvalue weighted by atomic mass is 31.2. The van der Waals surface area contributed by atoms with Crippen LogP contribution in [0.3, 0.4) is 0 Å². The van der Waals surface area contributed by atoms with Crippen LogP contribution < -0.4 is 5.73 Å². The van der Waals surface area contributed by atoms with Gasteiger partial charge in [0.1, 0.15) is 0 Å². The molecule has 6 heteroatoms. The molecule has 230 valence electrons. The summed E-state index contributed by atoms with van der Waals surface area (Å²) in [6, 6.07) is 0. The Labute approximate surface area is 238 Å². The van der Waals surface area contributed by atoms with Crippen molar-refractivity contribution < 1.29 is 18.9 Å². The van der Waals surface area contributed by atoms with E-state index in [2.05, 4.69) is 4.52 Å². The molecule has 0 heterocycles. The Morgan fingerprint density at radius 1 is 0.368 bits per heavy atom. The first-order valence-corrected chi connectivity index (χ1v) is 18.5. The third-order valence-electron chi connectivity index (χ3n) is 7.86. The van der Waals surface area contributed by atoms with Crippen LogP contribution in [0.15, 0.2) is 0 Å². The highest BCUT2D eigenvalue weighted by Crippen LogP contribution is 2.35. The smallest absolute Gasteiger partial charge is 0.330 e. The fraction of sp³-hybridized carbons (Fsp3) is 1.00. The normalized spacial score (nSPS) is 12.0. The average Bonchev–Trinajstić information content (AvgIpc) is 2.88. The predicted molar refractivity (Wildman–Crippen MR) is 166 cm³/mol. The third kappa shape index (κ3) is 36.1. The van der Waals surface area contributed by atoms with Gasteiger partial charge >= 0.3 is 7.82 Å². The molecule has 4 N–H and O–H groups in total. The van der Waals surface area contributed by atoms with Gasteiger partial charge < -0.3 is 15.5 Å². The molecule has 0 atom stereocenters. The molecule has 0 aliphatic heterocycles. The van der Waals surface area contributed by atoms with Crippen molar-refractivity contribution in [2.24, 2.45) is 5.73 Å². The first kappa shape index (κ1) is 38.1. The summed E-state index contributed by atoms with van der Waals surface area (Å²) in [6.45, 7) is 1.03. The minimum absolute atomic E-state index is 0.169. The maximum atomic E-state index is 10.6. The Hall–Kier alpha value is 0.0700. The molecular weight excluding hydrogens is 493 g/mol. The van der Waals surface area contributed by atoms with Crippen LogP contribution >= 0.6 is 7.82 Å². The van der Waals surface area contributed by atoms with Crippen molar-refractivity contribution in [2.75, 3.05) is 13.2 Å². The number of phosphoric ester groups is 1. The number of phosphoric acid groups is 1. The van der Waals surface area contributed by atoms with Gasteiger partial charge in [0.25, 0.3) is 0 Å². The molecule has 0 rings (SSSR count). The van der Waals surface area contributed by atoms with E-state index in [0.29, 0.717) is 0 Å². The first-order valence-electron chi connectivity index (χ1n) is 17.0.